The van der Waals surface area contributed by atoms with Crippen molar-refractivity contribution in [2.75, 3.05) is 7.11 Å². The summed E-state index contributed by atoms with van der Waals surface area (Å²) in [5, 5.41) is 0.727. The smallest absolute Gasteiger partial charge is 0.151 e. The molecule has 0 aliphatic carbocycles. The minimum Gasteiger partial charge on any atom is -0.496 e. The van der Waals surface area contributed by atoms with Gasteiger partial charge in [0.25, 0.3) is 0 Å². The molecule has 0 aliphatic heterocycles. The molecule has 21 heavy (non-hydrogen) atoms. The predicted molar refractivity (Wildman–Crippen MR) is 91.9 cm³/mol. The molecule has 0 spiro atoms. The van der Waals surface area contributed by atoms with E-state index in [1.807, 2.05) is 24.3 Å². The number of nitrogens with zero attached hydrogens (tertiary/aromatic N) is 1. The lowest BCUT2D eigenvalue weighted by Gasteiger charge is -2.08. The van der Waals surface area contributed by atoms with Crippen LogP contribution in [0.2, 0.25) is 5.02 Å². The summed E-state index contributed by atoms with van der Waals surface area (Å²) in [7, 11) is 1.71. The van der Waals surface area contributed by atoms with E-state index in [2.05, 4.69) is 24.0 Å². The molecule has 108 valence electrons. The number of aryl methyl sites for hydroxylation is 1. The van der Waals surface area contributed by atoms with Gasteiger partial charge in [-0.3, -0.25) is 0 Å². The minimum absolute atomic E-state index is 0.727. The third-order valence-electron chi connectivity index (χ3n) is 3.12. The summed E-state index contributed by atoms with van der Waals surface area (Å²) in [5.74, 6) is 1.77. The molecule has 2 nitrogen and oxygen atoms in total. The number of fused-ring (bicyclic) bond motifs is 1. The summed E-state index contributed by atoms with van der Waals surface area (Å²) in [5.41, 5.74) is 3.40. The number of ether oxygens (including phenoxy) is 1. The van der Waals surface area contributed by atoms with Crippen LogP contribution >= 0.6 is 34.7 Å². The first-order valence-electron chi connectivity index (χ1n) is 6.48. The first-order chi connectivity index (χ1) is 10.2. The number of methoxy groups -OCH3 is 1. The molecule has 3 rings (SSSR count). The van der Waals surface area contributed by atoms with E-state index in [-0.39, 0.29) is 0 Å². The number of hydrogen-bond donors (Lipinski definition) is 0. The highest BCUT2D eigenvalue weighted by atomic mass is 35.5. The first kappa shape index (κ1) is 14.7. The summed E-state index contributed by atoms with van der Waals surface area (Å²) >= 11 is 9.42. The molecule has 0 aliphatic rings. The Morgan fingerprint density at radius 3 is 2.90 bits per heavy atom. The lowest BCUT2D eigenvalue weighted by Crippen LogP contribution is -1.91. The average Bonchev–Trinajstić information content (AvgIpc) is 2.87. The van der Waals surface area contributed by atoms with Crippen molar-refractivity contribution in [1.29, 1.82) is 0 Å². The van der Waals surface area contributed by atoms with Crippen molar-refractivity contribution in [2.45, 2.75) is 17.0 Å². The van der Waals surface area contributed by atoms with Gasteiger partial charge in [0.1, 0.15) is 5.75 Å². The molecule has 3 aromatic rings. The molecule has 0 bridgehead atoms. The van der Waals surface area contributed by atoms with Gasteiger partial charge in [-0.15, -0.1) is 11.3 Å². The monoisotopic (exact) mass is 335 g/mol. The van der Waals surface area contributed by atoms with Crippen LogP contribution < -0.4 is 4.74 Å². The van der Waals surface area contributed by atoms with E-state index in [0.29, 0.717) is 0 Å². The molecule has 0 atom stereocenters. The zero-order valence-electron chi connectivity index (χ0n) is 11.7. The molecule has 0 amide bonds. The topological polar surface area (TPSA) is 22.1 Å². The van der Waals surface area contributed by atoms with Crippen molar-refractivity contribution >= 4 is 44.9 Å². The quantitative estimate of drug-likeness (QED) is 0.583. The van der Waals surface area contributed by atoms with Crippen LogP contribution in [0.15, 0.2) is 40.7 Å². The van der Waals surface area contributed by atoms with Crippen LogP contribution in [0.4, 0.5) is 0 Å². The second kappa shape index (κ2) is 6.26. The highest BCUT2D eigenvalue weighted by Gasteiger charge is 2.08. The van der Waals surface area contributed by atoms with Crippen molar-refractivity contribution in [2.24, 2.45) is 0 Å². The van der Waals surface area contributed by atoms with E-state index < -0.39 is 0 Å². The largest absolute Gasteiger partial charge is 0.496 e. The SMILES string of the molecule is COc1ccc(C)cc1CSc1nc2cc(Cl)ccc2s1. The predicted octanol–water partition coefficient (Wildman–Crippen LogP) is 5.56. The fraction of sp³-hybridized carbons (Fsp3) is 0.188. The Labute approximate surface area is 137 Å². The molecule has 0 saturated heterocycles. The lowest BCUT2D eigenvalue weighted by molar-refractivity contribution is 0.411. The van der Waals surface area contributed by atoms with Crippen LogP contribution in [0.25, 0.3) is 10.2 Å². The number of thiazole rings is 1. The van der Waals surface area contributed by atoms with E-state index in [9.17, 15) is 0 Å². The van der Waals surface area contributed by atoms with Gasteiger partial charge in [-0.1, -0.05) is 41.1 Å². The van der Waals surface area contributed by atoms with Crippen molar-refractivity contribution in [3.05, 3.63) is 52.5 Å². The Morgan fingerprint density at radius 2 is 2.10 bits per heavy atom. The van der Waals surface area contributed by atoms with Gasteiger partial charge in [-0.25, -0.2) is 4.98 Å². The molecule has 0 unspecified atom stereocenters. The second-order valence-electron chi connectivity index (χ2n) is 4.70. The lowest BCUT2D eigenvalue weighted by atomic mass is 10.1. The number of aromatic nitrogens is 1. The molecule has 0 saturated carbocycles. The Morgan fingerprint density at radius 1 is 1.24 bits per heavy atom. The molecular weight excluding hydrogens is 322 g/mol. The van der Waals surface area contributed by atoms with Crippen molar-refractivity contribution in [3.63, 3.8) is 0 Å². The number of hydrogen-bond acceptors (Lipinski definition) is 4. The normalized spacial score (nSPS) is 11.0. The van der Waals surface area contributed by atoms with Gasteiger partial charge in [0, 0.05) is 16.3 Å². The van der Waals surface area contributed by atoms with Gasteiger partial charge >= 0.3 is 0 Å². The fourth-order valence-corrected chi connectivity index (χ4v) is 4.29. The third kappa shape index (κ3) is 3.34. The third-order valence-corrected chi connectivity index (χ3v) is 5.58. The van der Waals surface area contributed by atoms with Gasteiger partial charge in [-0.05, 0) is 31.2 Å². The Bertz CT molecular complexity index is 785. The second-order valence-corrected chi connectivity index (χ2v) is 7.39. The van der Waals surface area contributed by atoms with E-state index in [0.717, 1.165) is 31.1 Å². The first-order valence-corrected chi connectivity index (χ1v) is 8.66. The summed E-state index contributed by atoms with van der Waals surface area (Å²) < 4.78 is 7.63. The van der Waals surface area contributed by atoms with Gasteiger partial charge < -0.3 is 4.74 Å². The zero-order chi connectivity index (χ0) is 14.8. The van der Waals surface area contributed by atoms with E-state index in [1.54, 1.807) is 30.2 Å². The van der Waals surface area contributed by atoms with Crippen LogP contribution in [0.1, 0.15) is 11.1 Å². The molecule has 0 N–H and O–H groups in total. The molecule has 2 aromatic carbocycles. The summed E-state index contributed by atoms with van der Waals surface area (Å²) in [4.78, 5) is 4.62. The highest BCUT2D eigenvalue weighted by molar-refractivity contribution is 8.00. The summed E-state index contributed by atoms with van der Waals surface area (Å²) in [6.07, 6.45) is 0. The maximum Gasteiger partial charge on any atom is 0.151 e. The Kier molecular flexibility index (Phi) is 4.38. The van der Waals surface area contributed by atoms with Gasteiger partial charge in [0.2, 0.25) is 0 Å². The van der Waals surface area contributed by atoms with E-state index in [4.69, 9.17) is 16.3 Å². The summed E-state index contributed by atoms with van der Waals surface area (Å²) in [6, 6.07) is 12.1. The Hall–Kier alpha value is -1.23. The van der Waals surface area contributed by atoms with E-state index in [1.165, 1.54) is 11.1 Å². The number of halogens is 1. The van der Waals surface area contributed by atoms with Crippen molar-refractivity contribution < 1.29 is 4.74 Å². The molecule has 1 aromatic heterocycles. The molecule has 5 heteroatoms. The molecule has 1 heterocycles. The van der Waals surface area contributed by atoms with Crippen molar-refractivity contribution in [3.8, 4) is 5.75 Å². The van der Waals surface area contributed by atoms with Crippen molar-refractivity contribution in [1.82, 2.24) is 4.98 Å². The van der Waals surface area contributed by atoms with Crippen LogP contribution in [0.5, 0.6) is 5.75 Å². The highest BCUT2D eigenvalue weighted by Crippen LogP contribution is 2.34. The number of benzene rings is 2. The van der Waals surface area contributed by atoms with Gasteiger partial charge in [0.05, 0.1) is 17.3 Å². The van der Waals surface area contributed by atoms with Crippen LogP contribution in [0.3, 0.4) is 0 Å². The maximum atomic E-state index is 6.00. The summed E-state index contributed by atoms with van der Waals surface area (Å²) in [6.45, 7) is 2.09. The minimum atomic E-state index is 0.727. The average molecular weight is 336 g/mol. The van der Waals surface area contributed by atoms with Gasteiger partial charge in [0.15, 0.2) is 4.34 Å². The molecular formula is C16H14ClNOS2. The maximum absolute atomic E-state index is 6.00. The van der Waals surface area contributed by atoms with E-state index >= 15 is 0 Å². The molecule has 0 radical (unpaired) electrons. The molecule has 0 fully saturated rings. The fourth-order valence-electron chi connectivity index (χ4n) is 2.10. The van der Waals surface area contributed by atoms with Crippen LogP contribution in [0, 0.1) is 6.92 Å². The standard InChI is InChI=1S/C16H14ClNOS2/c1-10-3-5-14(19-2)11(7-10)9-20-16-18-13-8-12(17)4-6-15(13)21-16/h3-8H,9H2,1-2H3. The Balaban J connectivity index is 1.81. The number of thioether (sulfide) groups is 1. The number of rotatable bonds is 4. The zero-order valence-corrected chi connectivity index (χ0v) is 14.1. The van der Waals surface area contributed by atoms with Crippen LogP contribution in [-0.4, -0.2) is 12.1 Å². The van der Waals surface area contributed by atoms with Gasteiger partial charge in [-0.2, -0.15) is 0 Å². The van der Waals surface area contributed by atoms with Crippen LogP contribution in [-0.2, 0) is 5.75 Å².